The first-order valence-corrected chi connectivity index (χ1v) is 9.83. The lowest BCUT2D eigenvalue weighted by Crippen LogP contribution is -2.01. The molecule has 0 aliphatic rings. The van der Waals surface area contributed by atoms with Gasteiger partial charge in [0.1, 0.15) is 12.4 Å². The number of aliphatic imine (C=N–C) groups is 1. The Bertz CT molecular complexity index is 951. The molecule has 0 atom stereocenters. The van der Waals surface area contributed by atoms with Gasteiger partial charge in [0.05, 0.1) is 5.69 Å². The van der Waals surface area contributed by atoms with Crippen molar-refractivity contribution in [2.24, 2.45) is 4.99 Å². The van der Waals surface area contributed by atoms with E-state index in [0.29, 0.717) is 6.61 Å². The first-order chi connectivity index (χ1) is 13.0. The molecule has 0 aliphatic carbocycles. The topological polar surface area (TPSA) is 21.6 Å². The van der Waals surface area contributed by atoms with Gasteiger partial charge in [-0.3, -0.25) is 4.99 Å². The van der Waals surface area contributed by atoms with E-state index in [9.17, 15) is 0 Å². The number of benzene rings is 3. The van der Waals surface area contributed by atoms with Gasteiger partial charge in [-0.2, -0.15) is 0 Å². The van der Waals surface area contributed by atoms with Gasteiger partial charge in [0.2, 0.25) is 0 Å². The molecule has 0 bridgehead atoms. The van der Waals surface area contributed by atoms with Crippen molar-refractivity contribution in [2.75, 3.05) is 0 Å². The molecule has 3 heteroatoms. The second-order valence-electron chi connectivity index (χ2n) is 6.83. The molecule has 0 amide bonds. The Balaban J connectivity index is 1.83. The van der Waals surface area contributed by atoms with Gasteiger partial charge >= 0.3 is 0 Å². The number of hydrogen-bond acceptors (Lipinski definition) is 2. The summed E-state index contributed by atoms with van der Waals surface area (Å²) >= 11 is 3.73. The summed E-state index contributed by atoms with van der Waals surface area (Å²) in [6, 6.07) is 18.6. The molecule has 3 rings (SSSR count). The lowest BCUT2D eigenvalue weighted by atomic mass is 10.1. The Labute approximate surface area is 170 Å². The lowest BCUT2D eigenvalue weighted by molar-refractivity contribution is 0.301. The normalized spacial score (nSPS) is 11.1. The minimum Gasteiger partial charge on any atom is -0.488 e. The van der Waals surface area contributed by atoms with E-state index in [4.69, 9.17) is 9.73 Å². The minimum absolute atomic E-state index is 0.511. The monoisotopic (exact) mass is 421 g/mol. The van der Waals surface area contributed by atoms with Crippen LogP contribution in [0.2, 0.25) is 0 Å². The third kappa shape index (κ3) is 4.48. The van der Waals surface area contributed by atoms with Crippen LogP contribution < -0.4 is 4.74 Å². The summed E-state index contributed by atoms with van der Waals surface area (Å²) in [5.41, 5.74) is 7.83. The van der Waals surface area contributed by atoms with Crippen molar-refractivity contribution in [1.29, 1.82) is 0 Å². The number of rotatable bonds is 5. The number of hydrogen-bond donors (Lipinski definition) is 0. The molecule has 0 spiro atoms. The Morgan fingerprint density at radius 3 is 2.00 bits per heavy atom. The van der Waals surface area contributed by atoms with Crippen molar-refractivity contribution in [3.05, 3.63) is 92.5 Å². The van der Waals surface area contributed by atoms with Crippen molar-refractivity contribution in [1.82, 2.24) is 0 Å². The largest absolute Gasteiger partial charge is 0.488 e. The SMILES string of the molecule is Cc1cccc(C)c1N=Cc1cccc(COc2c(C)cccc2C)c1Br. The summed E-state index contributed by atoms with van der Waals surface area (Å²) in [6.45, 7) is 8.83. The summed E-state index contributed by atoms with van der Waals surface area (Å²) < 4.78 is 7.14. The number of aryl methyl sites for hydroxylation is 4. The molecule has 0 radical (unpaired) electrons. The van der Waals surface area contributed by atoms with Gasteiger partial charge in [0.15, 0.2) is 0 Å². The highest BCUT2D eigenvalue weighted by Crippen LogP contribution is 2.28. The average molecular weight is 422 g/mol. The van der Waals surface area contributed by atoms with Crippen LogP contribution in [0.15, 0.2) is 64.1 Å². The first-order valence-electron chi connectivity index (χ1n) is 9.04. The minimum atomic E-state index is 0.511. The quantitative estimate of drug-likeness (QED) is 0.405. The van der Waals surface area contributed by atoms with E-state index in [-0.39, 0.29) is 0 Å². The third-order valence-electron chi connectivity index (χ3n) is 4.66. The van der Waals surface area contributed by atoms with Crippen molar-refractivity contribution in [3.8, 4) is 5.75 Å². The molecule has 138 valence electrons. The molecule has 0 aliphatic heterocycles. The first kappa shape index (κ1) is 19.4. The number of ether oxygens (including phenoxy) is 1. The van der Waals surface area contributed by atoms with Gasteiger partial charge in [-0.1, -0.05) is 54.6 Å². The van der Waals surface area contributed by atoms with Gasteiger partial charge in [-0.25, -0.2) is 0 Å². The Hall–Kier alpha value is -2.39. The fourth-order valence-corrected chi connectivity index (χ4v) is 3.61. The lowest BCUT2D eigenvalue weighted by Gasteiger charge is -2.13. The van der Waals surface area contributed by atoms with E-state index >= 15 is 0 Å². The van der Waals surface area contributed by atoms with Crippen molar-refractivity contribution >= 4 is 27.8 Å². The zero-order valence-electron chi connectivity index (χ0n) is 16.2. The summed E-state index contributed by atoms with van der Waals surface area (Å²) in [5, 5.41) is 0. The van der Waals surface area contributed by atoms with Gasteiger partial charge in [0, 0.05) is 21.8 Å². The van der Waals surface area contributed by atoms with Crippen LogP contribution in [0, 0.1) is 27.7 Å². The third-order valence-corrected chi connectivity index (χ3v) is 5.63. The highest BCUT2D eigenvalue weighted by atomic mass is 79.9. The highest BCUT2D eigenvalue weighted by molar-refractivity contribution is 9.10. The number of halogens is 1. The molecular weight excluding hydrogens is 398 g/mol. The molecule has 0 heterocycles. The van der Waals surface area contributed by atoms with Crippen LogP contribution >= 0.6 is 15.9 Å². The second-order valence-corrected chi connectivity index (χ2v) is 7.62. The fourth-order valence-electron chi connectivity index (χ4n) is 3.13. The zero-order valence-corrected chi connectivity index (χ0v) is 17.8. The average Bonchev–Trinajstić information content (AvgIpc) is 2.63. The molecule has 3 aromatic rings. The highest BCUT2D eigenvalue weighted by Gasteiger charge is 2.08. The number of nitrogens with zero attached hydrogens (tertiary/aromatic N) is 1. The standard InChI is InChI=1S/C24H24BrNO/c1-16-8-5-9-17(2)23(16)26-14-20-12-7-13-21(22(20)25)15-27-24-18(3)10-6-11-19(24)4/h5-14H,15H2,1-4H3. The summed E-state index contributed by atoms with van der Waals surface area (Å²) in [6.07, 6.45) is 1.92. The number of para-hydroxylation sites is 2. The molecule has 0 saturated carbocycles. The van der Waals surface area contributed by atoms with Crippen LogP contribution in [0.5, 0.6) is 5.75 Å². The molecule has 0 fully saturated rings. The second kappa shape index (κ2) is 8.53. The van der Waals surface area contributed by atoms with E-state index in [1.54, 1.807) is 0 Å². The van der Waals surface area contributed by atoms with E-state index in [1.807, 2.05) is 12.3 Å². The smallest absolute Gasteiger partial charge is 0.125 e. The molecule has 3 aromatic carbocycles. The predicted molar refractivity (Wildman–Crippen MR) is 118 cm³/mol. The maximum absolute atomic E-state index is 6.12. The zero-order chi connectivity index (χ0) is 19.4. The van der Waals surface area contributed by atoms with Crippen molar-refractivity contribution in [2.45, 2.75) is 34.3 Å². The van der Waals surface area contributed by atoms with Gasteiger partial charge in [-0.05, 0) is 65.9 Å². The van der Waals surface area contributed by atoms with Gasteiger partial charge in [-0.15, -0.1) is 0 Å². The predicted octanol–water partition coefficient (Wildman–Crippen LogP) is 7.01. The molecule has 2 nitrogen and oxygen atoms in total. The Morgan fingerprint density at radius 2 is 1.37 bits per heavy atom. The molecular formula is C24H24BrNO. The van der Waals surface area contributed by atoms with Gasteiger partial charge < -0.3 is 4.74 Å². The van der Waals surface area contributed by atoms with Crippen LogP contribution in [0.4, 0.5) is 5.69 Å². The van der Waals surface area contributed by atoms with E-state index in [1.165, 1.54) is 11.1 Å². The van der Waals surface area contributed by atoms with Crippen molar-refractivity contribution < 1.29 is 4.74 Å². The van der Waals surface area contributed by atoms with E-state index in [2.05, 4.69) is 92.2 Å². The van der Waals surface area contributed by atoms with Crippen LogP contribution in [-0.4, -0.2) is 6.21 Å². The maximum atomic E-state index is 6.12. The maximum Gasteiger partial charge on any atom is 0.125 e. The Morgan fingerprint density at radius 1 is 0.815 bits per heavy atom. The molecule has 0 saturated heterocycles. The molecule has 0 N–H and O–H groups in total. The van der Waals surface area contributed by atoms with Crippen LogP contribution in [0.1, 0.15) is 33.4 Å². The van der Waals surface area contributed by atoms with E-state index < -0.39 is 0 Å². The molecule has 0 unspecified atom stereocenters. The van der Waals surface area contributed by atoms with E-state index in [0.717, 1.165) is 38.2 Å². The summed E-state index contributed by atoms with van der Waals surface area (Å²) in [5.74, 6) is 0.957. The molecule has 27 heavy (non-hydrogen) atoms. The van der Waals surface area contributed by atoms with Crippen molar-refractivity contribution in [3.63, 3.8) is 0 Å². The Kier molecular flexibility index (Phi) is 6.12. The summed E-state index contributed by atoms with van der Waals surface area (Å²) in [7, 11) is 0. The summed E-state index contributed by atoms with van der Waals surface area (Å²) in [4.78, 5) is 4.73. The fraction of sp³-hybridized carbons (Fsp3) is 0.208. The van der Waals surface area contributed by atoms with Crippen LogP contribution in [0.25, 0.3) is 0 Å². The van der Waals surface area contributed by atoms with Crippen LogP contribution in [0.3, 0.4) is 0 Å². The van der Waals surface area contributed by atoms with Crippen LogP contribution in [-0.2, 0) is 6.61 Å². The molecule has 0 aromatic heterocycles. The van der Waals surface area contributed by atoms with Gasteiger partial charge in [0.25, 0.3) is 0 Å².